The number of aromatic nitrogens is 3. The van der Waals surface area contributed by atoms with Gasteiger partial charge in [0.25, 0.3) is 0 Å². The third-order valence-electron chi connectivity index (χ3n) is 4.57. The minimum Gasteiger partial charge on any atom is -0.468 e. The molecule has 9 nitrogen and oxygen atoms in total. The molecule has 29 heavy (non-hydrogen) atoms. The molecule has 3 rings (SSSR count). The first-order valence-electron chi connectivity index (χ1n) is 9.11. The second-order valence-electron chi connectivity index (χ2n) is 6.45. The van der Waals surface area contributed by atoms with E-state index in [1.165, 1.54) is 17.9 Å². The summed E-state index contributed by atoms with van der Waals surface area (Å²) in [6.45, 7) is 2.66. The minimum absolute atomic E-state index is 0.00315. The van der Waals surface area contributed by atoms with Gasteiger partial charge in [0, 0.05) is 39.3 Å². The lowest BCUT2D eigenvalue weighted by molar-refractivity contribution is -0.141. The van der Waals surface area contributed by atoms with Crippen molar-refractivity contribution >= 4 is 17.6 Å². The van der Waals surface area contributed by atoms with Crippen LogP contribution in [0.2, 0.25) is 0 Å². The molecule has 1 aromatic heterocycles. The number of halogens is 2. The summed E-state index contributed by atoms with van der Waals surface area (Å²) in [7, 11) is 2.99. The van der Waals surface area contributed by atoms with Gasteiger partial charge in [-0.1, -0.05) is 5.21 Å². The third-order valence-corrected chi connectivity index (χ3v) is 4.57. The number of nitrogens with zero attached hydrogens (tertiary/aromatic N) is 6. The largest absolute Gasteiger partial charge is 0.468 e. The molecule has 0 atom stereocenters. The Morgan fingerprint density at radius 2 is 2.03 bits per heavy atom. The van der Waals surface area contributed by atoms with Crippen molar-refractivity contribution < 1.29 is 18.3 Å². The molecule has 0 amide bonds. The lowest BCUT2D eigenvalue weighted by Gasteiger charge is -2.37. The number of aliphatic imine (C=N–C) groups is 1. The molecule has 1 aromatic carbocycles. The summed E-state index contributed by atoms with van der Waals surface area (Å²) < 4.78 is 33.4. The molecular weight excluding hydrogens is 384 g/mol. The van der Waals surface area contributed by atoms with Crippen LogP contribution in [0.3, 0.4) is 0 Å². The fourth-order valence-corrected chi connectivity index (χ4v) is 3.08. The molecule has 0 aliphatic carbocycles. The number of ether oxygens (including phenoxy) is 1. The first-order chi connectivity index (χ1) is 14.0. The van der Waals surface area contributed by atoms with E-state index in [0.29, 0.717) is 44.4 Å². The van der Waals surface area contributed by atoms with Gasteiger partial charge in [-0.15, -0.1) is 5.10 Å². The van der Waals surface area contributed by atoms with Gasteiger partial charge in [-0.05, 0) is 12.1 Å². The van der Waals surface area contributed by atoms with Crippen molar-refractivity contribution in [2.75, 3.05) is 45.2 Å². The van der Waals surface area contributed by atoms with Crippen LogP contribution in [-0.2, 0) is 22.6 Å². The average Bonchev–Trinajstić information content (AvgIpc) is 3.18. The molecule has 0 spiro atoms. The molecule has 11 heteroatoms. The summed E-state index contributed by atoms with van der Waals surface area (Å²) in [5, 5.41) is 11.1. The molecule has 0 saturated carbocycles. The van der Waals surface area contributed by atoms with Crippen molar-refractivity contribution in [3.63, 3.8) is 0 Å². The Labute approximate surface area is 166 Å². The van der Waals surface area contributed by atoms with Crippen molar-refractivity contribution in [2.45, 2.75) is 13.1 Å². The number of rotatable bonds is 5. The molecule has 0 bridgehead atoms. The quantitative estimate of drug-likeness (QED) is 0.442. The zero-order chi connectivity index (χ0) is 20.8. The topological polar surface area (TPSA) is 87.9 Å². The van der Waals surface area contributed by atoms with Gasteiger partial charge in [0.05, 0.1) is 25.5 Å². The van der Waals surface area contributed by atoms with E-state index in [1.807, 2.05) is 9.80 Å². The van der Waals surface area contributed by atoms with Crippen LogP contribution >= 0.6 is 0 Å². The maximum absolute atomic E-state index is 14.0. The van der Waals surface area contributed by atoms with Crippen molar-refractivity contribution in [1.29, 1.82) is 0 Å². The molecule has 1 aliphatic rings. The summed E-state index contributed by atoms with van der Waals surface area (Å²) in [5.41, 5.74) is 0.922. The Bertz CT molecular complexity index is 879. The smallest absolute Gasteiger partial charge is 0.327 e. The van der Waals surface area contributed by atoms with Crippen LogP contribution in [0.1, 0.15) is 5.69 Å². The number of hydrogen-bond acceptors (Lipinski definition) is 6. The summed E-state index contributed by atoms with van der Waals surface area (Å²) in [6.07, 6.45) is 1.65. The molecule has 0 radical (unpaired) electrons. The van der Waals surface area contributed by atoms with Gasteiger partial charge >= 0.3 is 5.97 Å². The zero-order valence-corrected chi connectivity index (χ0v) is 16.3. The summed E-state index contributed by atoms with van der Waals surface area (Å²) >= 11 is 0. The maximum atomic E-state index is 14.0. The Morgan fingerprint density at radius 1 is 1.28 bits per heavy atom. The first-order valence-corrected chi connectivity index (χ1v) is 9.11. The van der Waals surface area contributed by atoms with Crippen LogP contribution in [0.25, 0.3) is 0 Å². The van der Waals surface area contributed by atoms with Crippen molar-refractivity contribution in [3.8, 4) is 0 Å². The van der Waals surface area contributed by atoms with Gasteiger partial charge in [-0.25, -0.2) is 13.5 Å². The number of piperazine rings is 1. The number of guanidine groups is 1. The standard InChI is InChI=1S/C18H23F2N7O2/c1-21-18(22-10-14-11-27(24-23-14)12-17(28)29-2)26-7-5-25(6-8-26)16-9-13(19)3-4-15(16)20/h3-4,9,11H,5-8,10,12H2,1-2H3,(H,21,22). The van der Waals surface area contributed by atoms with Crippen molar-refractivity contribution in [1.82, 2.24) is 25.2 Å². The van der Waals surface area contributed by atoms with E-state index in [4.69, 9.17) is 0 Å². The highest BCUT2D eigenvalue weighted by Crippen LogP contribution is 2.21. The summed E-state index contributed by atoms with van der Waals surface area (Å²) in [6, 6.07) is 3.48. The number of hydrogen-bond donors (Lipinski definition) is 1. The van der Waals surface area contributed by atoms with Crippen LogP contribution < -0.4 is 10.2 Å². The van der Waals surface area contributed by atoms with E-state index in [9.17, 15) is 13.6 Å². The Hall–Kier alpha value is -3.24. The van der Waals surface area contributed by atoms with E-state index in [2.05, 4.69) is 25.4 Å². The maximum Gasteiger partial charge on any atom is 0.327 e. The van der Waals surface area contributed by atoms with Crippen LogP contribution in [0, 0.1) is 11.6 Å². The van der Waals surface area contributed by atoms with Gasteiger partial charge < -0.3 is 19.9 Å². The number of carbonyl (C=O) groups excluding carboxylic acids is 1. The number of anilines is 1. The predicted octanol–water partition coefficient (Wildman–Crippen LogP) is 0.627. The van der Waals surface area contributed by atoms with E-state index >= 15 is 0 Å². The SMILES string of the molecule is CN=C(NCc1cn(CC(=O)OC)nn1)N1CCN(c2cc(F)ccc2F)CC1. The highest BCUT2D eigenvalue weighted by molar-refractivity contribution is 5.80. The Morgan fingerprint density at radius 3 is 2.72 bits per heavy atom. The predicted molar refractivity (Wildman–Crippen MR) is 102 cm³/mol. The molecular formula is C18H23F2N7O2. The van der Waals surface area contributed by atoms with Crippen molar-refractivity contribution in [3.05, 3.63) is 41.7 Å². The Balaban J connectivity index is 1.53. The fraction of sp³-hybridized carbons (Fsp3) is 0.444. The molecule has 2 heterocycles. The first kappa shape index (κ1) is 20.5. The van der Waals surface area contributed by atoms with Gasteiger partial charge in [-0.3, -0.25) is 9.79 Å². The molecule has 1 N–H and O–H groups in total. The number of methoxy groups -OCH3 is 1. The number of benzene rings is 1. The van der Waals surface area contributed by atoms with E-state index in [1.54, 1.807) is 13.2 Å². The minimum atomic E-state index is -0.457. The summed E-state index contributed by atoms with van der Waals surface area (Å²) in [5.74, 6) is -0.622. The second-order valence-corrected chi connectivity index (χ2v) is 6.45. The fourth-order valence-electron chi connectivity index (χ4n) is 3.08. The van der Waals surface area contributed by atoms with Crippen LogP contribution in [-0.4, -0.2) is 72.2 Å². The second kappa shape index (κ2) is 9.30. The van der Waals surface area contributed by atoms with E-state index in [0.717, 1.165) is 12.1 Å². The molecule has 156 valence electrons. The van der Waals surface area contributed by atoms with E-state index in [-0.39, 0.29) is 12.2 Å². The highest BCUT2D eigenvalue weighted by atomic mass is 19.1. The van der Waals surface area contributed by atoms with Crippen LogP contribution in [0.5, 0.6) is 0 Å². The van der Waals surface area contributed by atoms with E-state index < -0.39 is 17.6 Å². The molecule has 0 unspecified atom stereocenters. The number of esters is 1. The van der Waals surface area contributed by atoms with Gasteiger partial charge in [0.2, 0.25) is 0 Å². The lowest BCUT2D eigenvalue weighted by atomic mass is 10.2. The van der Waals surface area contributed by atoms with Crippen LogP contribution in [0.4, 0.5) is 14.5 Å². The van der Waals surface area contributed by atoms with Gasteiger partial charge in [0.1, 0.15) is 23.9 Å². The third kappa shape index (κ3) is 5.18. The number of nitrogens with one attached hydrogen (secondary N) is 1. The number of carbonyl (C=O) groups is 1. The van der Waals surface area contributed by atoms with Crippen molar-refractivity contribution in [2.24, 2.45) is 4.99 Å². The van der Waals surface area contributed by atoms with Gasteiger partial charge in [0.15, 0.2) is 5.96 Å². The summed E-state index contributed by atoms with van der Waals surface area (Å²) in [4.78, 5) is 19.4. The average molecular weight is 407 g/mol. The molecule has 1 fully saturated rings. The molecule has 1 aliphatic heterocycles. The molecule has 1 saturated heterocycles. The normalized spacial score (nSPS) is 14.8. The zero-order valence-electron chi connectivity index (χ0n) is 16.3. The monoisotopic (exact) mass is 407 g/mol. The Kier molecular flexibility index (Phi) is 6.57. The molecule has 2 aromatic rings. The van der Waals surface area contributed by atoms with Gasteiger partial charge in [-0.2, -0.15) is 0 Å². The highest BCUT2D eigenvalue weighted by Gasteiger charge is 2.22. The van der Waals surface area contributed by atoms with Crippen LogP contribution in [0.15, 0.2) is 29.4 Å². The lowest BCUT2D eigenvalue weighted by Crippen LogP contribution is -2.52.